The molecule has 1 aromatic heterocycles. The fourth-order valence-corrected chi connectivity index (χ4v) is 2.04. The van der Waals surface area contributed by atoms with E-state index in [-0.39, 0.29) is 5.69 Å². The van der Waals surface area contributed by atoms with Crippen LogP contribution < -0.4 is 0 Å². The second-order valence-corrected chi connectivity index (χ2v) is 4.18. The third kappa shape index (κ3) is 2.04. The van der Waals surface area contributed by atoms with Crippen molar-refractivity contribution < 1.29 is 4.92 Å². The molecule has 0 spiro atoms. The van der Waals surface area contributed by atoms with Gasteiger partial charge in [-0.2, -0.15) is 0 Å². The van der Waals surface area contributed by atoms with Gasteiger partial charge in [0, 0.05) is 23.0 Å². The fourth-order valence-electron chi connectivity index (χ4n) is 1.58. The number of hydrogen-bond acceptors (Lipinski definition) is 3. The minimum atomic E-state index is -0.403. The first-order valence-corrected chi connectivity index (χ1v) is 5.92. The topological polar surface area (TPSA) is 56.0 Å². The lowest BCUT2D eigenvalue weighted by Crippen LogP contribution is -1.93. The first-order chi connectivity index (χ1) is 7.72. The summed E-state index contributed by atoms with van der Waals surface area (Å²) in [4.78, 5) is 14.5. The molecule has 1 heterocycles. The van der Waals surface area contributed by atoms with Crippen molar-refractivity contribution in [2.75, 3.05) is 5.33 Å². The lowest BCUT2D eigenvalue weighted by molar-refractivity contribution is -0.383. The van der Waals surface area contributed by atoms with Crippen LogP contribution in [0.25, 0.3) is 10.9 Å². The van der Waals surface area contributed by atoms with Gasteiger partial charge in [0.25, 0.3) is 5.69 Å². The van der Waals surface area contributed by atoms with E-state index in [2.05, 4.69) is 20.9 Å². The number of hydrogen-bond donors (Lipinski definition) is 0. The van der Waals surface area contributed by atoms with E-state index in [0.717, 1.165) is 22.7 Å². The zero-order valence-corrected chi connectivity index (χ0v) is 9.98. The van der Waals surface area contributed by atoms with Crippen LogP contribution in [0.5, 0.6) is 0 Å². The van der Waals surface area contributed by atoms with E-state index in [0.29, 0.717) is 5.52 Å². The minimum Gasteiger partial charge on any atom is -0.258 e. The second kappa shape index (κ2) is 4.57. The summed E-state index contributed by atoms with van der Waals surface area (Å²) in [5.41, 5.74) is 1.58. The zero-order valence-electron chi connectivity index (χ0n) is 8.39. The van der Waals surface area contributed by atoms with E-state index in [9.17, 15) is 10.1 Å². The van der Waals surface area contributed by atoms with Crippen LogP contribution in [0, 0.1) is 10.1 Å². The Morgan fingerprint density at radius 2 is 2.25 bits per heavy atom. The number of nitro benzene ring substituents is 1. The van der Waals surface area contributed by atoms with Gasteiger partial charge in [-0.05, 0) is 18.1 Å². The van der Waals surface area contributed by atoms with Crippen LogP contribution in [-0.4, -0.2) is 15.2 Å². The molecular weight excluding hydrogens is 272 g/mol. The Bertz CT molecular complexity index is 542. The molecule has 0 unspecified atom stereocenters. The predicted molar refractivity (Wildman–Crippen MR) is 65.9 cm³/mol. The van der Waals surface area contributed by atoms with Crippen molar-refractivity contribution in [1.82, 2.24) is 4.98 Å². The van der Waals surface area contributed by atoms with Gasteiger partial charge in [-0.25, -0.2) is 4.98 Å². The van der Waals surface area contributed by atoms with Crippen molar-refractivity contribution in [2.45, 2.75) is 6.42 Å². The summed E-state index contributed by atoms with van der Waals surface area (Å²) >= 11 is 3.35. The van der Waals surface area contributed by atoms with E-state index in [1.54, 1.807) is 12.3 Å². The average Bonchev–Trinajstić information content (AvgIpc) is 2.28. The number of halogens is 1. The van der Waals surface area contributed by atoms with Crippen molar-refractivity contribution in [3.05, 3.63) is 46.1 Å². The quantitative estimate of drug-likeness (QED) is 0.493. The Balaban J connectivity index is 2.59. The molecule has 0 aliphatic rings. The lowest BCUT2D eigenvalue weighted by atomic mass is 10.1. The number of nitro groups is 1. The van der Waals surface area contributed by atoms with Crippen LogP contribution in [0.3, 0.4) is 0 Å². The average molecular weight is 281 g/mol. The molecule has 16 heavy (non-hydrogen) atoms. The van der Waals surface area contributed by atoms with Gasteiger partial charge in [0.2, 0.25) is 0 Å². The number of non-ortho nitro benzene ring substituents is 1. The summed E-state index contributed by atoms with van der Waals surface area (Å²) in [6.07, 6.45) is 2.56. The van der Waals surface area contributed by atoms with Crippen molar-refractivity contribution in [3.63, 3.8) is 0 Å². The molecular formula is C11H9BrN2O2. The number of benzene rings is 1. The Kier molecular flexibility index (Phi) is 3.14. The highest BCUT2D eigenvalue weighted by Gasteiger charge is 2.12. The molecule has 0 aliphatic heterocycles. The maximum Gasteiger partial charge on any atom is 0.295 e. The Hall–Kier alpha value is -1.49. The predicted octanol–water partition coefficient (Wildman–Crippen LogP) is 3.08. The first-order valence-electron chi connectivity index (χ1n) is 4.80. The number of alkyl halides is 1. The van der Waals surface area contributed by atoms with Crippen molar-refractivity contribution in [1.29, 1.82) is 0 Å². The molecule has 0 bridgehead atoms. The van der Waals surface area contributed by atoms with Crippen LogP contribution in [0.15, 0.2) is 30.5 Å². The number of fused-ring (bicyclic) bond motifs is 1. The second-order valence-electron chi connectivity index (χ2n) is 3.39. The minimum absolute atomic E-state index is 0.0582. The molecule has 4 nitrogen and oxygen atoms in total. The van der Waals surface area contributed by atoms with Crippen LogP contribution in [0.1, 0.15) is 5.56 Å². The number of aryl methyl sites for hydroxylation is 1. The molecule has 0 aliphatic carbocycles. The molecule has 82 valence electrons. The Labute approximate surface area is 101 Å². The maximum atomic E-state index is 10.8. The van der Waals surface area contributed by atoms with Gasteiger partial charge >= 0.3 is 0 Å². The maximum absolute atomic E-state index is 10.8. The molecule has 0 radical (unpaired) electrons. The number of para-hydroxylation sites is 1. The van der Waals surface area contributed by atoms with E-state index < -0.39 is 4.92 Å². The summed E-state index contributed by atoms with van der Waals surface area (Å²) in [7, 11) is 0. The standard InChI is InChI=1S/C11H9BrN2O2/c12-5-4-8-6-9-2-1-3-10(14(15)16)11(9)13-7-8/h1-3,6-7H,4-5H2. The molecule has 0 saturated heterocycles. The van der Waals surface area contributed by atoms with E-state index >= 15 is 0 Å². The molecule has 1 aromatic carbocycles. The monoisotopic (exact) mass is 280 g/mol. The Morgan fingerprint density at radius 1 is 1.44 bits per heavy atom. The summed E-state index contributed by atoms with van der Waals surface area (Å²) in [6, 6.07) is 6.93. The van der Waals surface area contributed by atoms with Gasteiger partial charge in [0.05, 0.1) is 4.92 Å². The number of aromatic nitrogens is 1. The molecule has 5 heteroatoms. The Morgan fingerprint density at radius 3 is 2.94 bits per heavy atom. The van der Waals surface area contributed by atoms with Crippen LogP contribution >= 0.6 is 15.9 Å². The molecule has 0 amide bonds. The fraction of sp³-hybridized carbons (Fsp3) is 0.182. The van der Waals surface area contributed by atoms with Gasteiger partial charge in [-0.15, -0.1) is 0 Å². The molecule has 0 saturated carbocycles. The summed E-state index contributed by atoms with van der Waals surface area (Å²) in [5.74, 6) is 0. The van der Waals surface area contributed by atoms with Crippen LogP contribution in [0.4, 0.5) is 5.69 Å². The number of pyridine rings is 1. The number of nitrogens with zero attached hydrogens (tertiary/aromatic N) is 2. The van der Waals surface area contributed by atoms with Crippen LogP contribution in [0.2, 0.25) is 0 Å². The smallest absolute Gasteiger partial charge is 0.258 e. The van der Waals surface area contributed by atoms with Gasteiger partial charge in [0.15, 0.2) is 0 Å². The third-order valence-corrected chi connectivity index (χ3v) is 2.72. The normalized spacial score (nSPS) is 10.6. The summed E-state index contributed by atoms with van der Waals surface area (Å²) < 4.78 is 0. The van der Waals surface area contributed by atoms with Gasteiger partial charge in [-0.3, -0.25) is 10.1 Å². The SMILES string of the molecule is O=[N+]([O-])c1cccc2cc(CCBr)cnc12. The van der Waals surface area contributed by atoms with Crippen molar-refractivity contribution in [2.24, 2.45) is 0 Å². The largest absolute Gasteiger partial charge is 0.295 e. The number of rotatable bonds is 3. The van der Waals surface area contributed by atoms with Gasteiger partial charge in [0.1, 0.15) is 5.52 Å². The molecule has 2 rings (SSSR count). The highest BCUT2D eigenvalue weighted by molar-refractivity contribution is 9.09. The highest BCUT2D eigenvalue weighted by Crippen LogP contribution is 2.23. The molecule has 0 N–H and O–H groups in total. The third-order valence-electron chi connectivity index (χ3n) is 2.33. The zero-order chi connectivity index (χ0) is 11.5. The van der Waals surface area contributed by atoms with Crippen LogP contribution in [-0.2, 0) is 6.42 Å². The summed E-state index contributed by atoms with van der Waals surface area (Å²) in [6.45, 7) is 0. The highest BCUT2D eigenvalue weighted by atomic mass is 79.9. The van der Waals surface area contributed by atoms with E-state index in [1.165, 1.54) is 6.07 Å². The lowest BCUT2D eigenvalue weighted by Gasteiger charge is -2.01. The molecule has 0 atom stereocenters. The molecule has 2 aromatic rings. The van der Waals surface area contributed by atoms with Crippen molar-refractivity contribution >= 4 is 32.5 Å². The molecule has 0 fully saturated rings. The van der Waals surface area contributed by atoms with Crippen molar-refractivity contribution in [3.8, 4) is 0 Å². The van der Waals surface area contributed by atoms with E-state index in [1.807, 2.05) is 12.1 Å². The van der Waals surface area contributed by atoms with E-state index in [4.69, 9.17) is 0 Å². The first kappa shape index (κ1) is 11.0. The van der Waals surface area contributed by atoms with Gasteiger partial charge in [-0.1, -0.05) is 28.1 Å². The summed E-state index contributed by atoms with van der Waals surface area (Å²) in [5, 5.41) is 12.5. The van der Waals surface area contributed by atoms with Gasteiger partial charge < -0.3 is 0 Å².